The lowest BCUT2D eigenvalue weighted by Crippen LogP contribution is -2.48. The SMILES string of the molecule is C#CCOc1ccc(C(=O)N2CCOC(C(=O)O)C2)cc1. The molecule has 1 amide bonds. The molecule has 1 unspecified atom stereocenters. The highest BCUT2D eigenvalue weighted by Gasteiger charge is 2.29. The van der Waals surface area contributed by atoms with Crippen LogP contribution in [-0.4, -0.2) is 54.3 Å². The fraction of sp³-hybridized carbons (Fsp3) is 0.333. The molecule has 1 fully saturated rings. The number of morpholine rings is 1. The van der Waals surface area contributed by atoms with Gasteiger partial charge in [-0.15, -0.1) is 6.42 Å². The Morgan fingerprint density at radius 2 is 2.14 bits per heavy atom. The Balaban J connectivity index is 2.02. The second-order valence-corrected chi connectivity index (χ2v) is 4.47. The van der Waals surface area contributed by atoms with Crippen molar-refractivity contribution in [2.24, 2.45) is 0 Å². The van der Waals surface area contributed by atoms with Crippen molar-refractivity contribution >= 4 is 11.9 Å². The van der Waals surface area contributed by atoms with E-state index in [4.69, 9.17) is 21.0 Å². The summed E-state index contributed by atoms with van der Waals surface area (Å²) in [6, 6.07) is 6.55. The van der Waals surface area contributed by atoms with E-state index in [0.717, 1.165) is 0 Å². The molecule has 1 aromatic carbocycles. The normalized spacial score (nSPS) is 17.9. The van der Waals surface area contributed by atoms with E-state index in [2.05, 4.69) is 5.92 Å². The zero-order valence-corrected chi connectivity index (χ0v) is 11.3. The van der Waals surface area contributed by atoms with Gasteiger partial charge in [-0.3, -0.25) is 4.79 Å². The van der Waals surface area contributed by atoms with Gasteiger partial charge in [0, 0.05) is 12.1 Å². The van der Waals surface area contributed by atoms with Crippen molar-refractivity contribution in [3.8, 4) is 18.1 Å². The zero-order chi connectivity index (χ0) is 15.2. The molecule has 1 heterocycles. The molecule has 6 heteroatoms. The maximum Gasteiger partial charge on any atom is 0.334 e. The minimum Gasteiger partial charge on any atom is -0.481 e. The lowest BCUT2D eigenvalue weighted by molar-refractivity contribution is -0.154. The Hall–Kier alpha value is -2.52. The van der Waals surface area contributed by atoms with E-state index in [1.165, 1.54) is 4.90 Å². The van der Waals surface area contributed by atoms with Crippen LogP contribution in [0.3, 0.4) is 0 Å². The first-order valence-electron chi connectivity index (χ1n) is 6.42. The highest BCUT2D eigenvalue weighted by atomic mass is 16.5. The van der Waals surface area contributed by atoms with Gasteiger partial charge in [0.2, 0.25) is 0 Å². The van der Waals surface area contributed by atoms with Crippen LogP contribution in [0.5, 0.6) is 5.75 Å². The number of hydrogen-bond acceptors (Lipinski definition) is 4. The monoisotopic (exact) mass is 289 g/mol. The van der Waals surface area contributed by atoms with Crippen molar-refractivity contribution in [2.45, 2.75) is 6.10 Å². The van der Waals surface area contributed by atoms with Crippen LogP contribution in [0.2, 0.25) is 0 Å². The third kappa shape index (κ3) is 3.74. The van der Waals surface area contributed by atoms with Crippen molar-refractivity contribution in [1.29, 1.82) is 0 Å². The summed E-state index contributed by atoms with van der Waals surface area (Å²) < 4.78 is 10.3. The number of aliphatic carboxylic acids is 1. The van der Waals surface area contributed by atoms with Crippen LogP contribution in [0.15, 0.2) is 24.3 Å². The zero-order valence-electron chi connectivity index (χ0n) is 11.3. The predicted molar refractivity (Wildman–Crippen MR) is 74.0 cm³/mol. The van der Waals surface area contributed by atoms with E-state index in [-0.39, 0.29) is 25.7 Å². The molecule has 1 atom stereocenters. The average molecular weight is 289 g/mol. The third-order valence-electron chi connectivity index (χ3n) is 3.05. The topological polar surface area (TPSA) is 76.1 Å². The number of benzene rings is 1. The van der Waals surface area contributed by atoms with Crippen LogP contribution in [0, 0.1) is 12.3 Å². The quantitative estimate of drug-likeness (QED) is 0.823. The lowest BCUT2D eigenvalue weighted by Gasteiger charge is -2.30. The Bertz CT molecular complexity index is 560. The van der Waals surface area contributed by atoms with Gasteiger partial charge in [-0.2, -0.15) is 0 Å². The summed E-state index contributed by atoms with van der Waals surface area (Å²) in [5, 5.41) is 8.93. The van der Waals surface area contributed by atoms with Gasteiger partial charge in [-0.1, -0.05) is 5.92 Å². The number of amides is 1. The summed E-state index contributed by atoms with van der Waals surface area (Å²) in [5.74, 6) is 1.64. The molecule has 0 aliphatic carbocycles. The molecule has 1 aliphatic heterocycles. The number of carbonyl (C=O) groups excluding carboxylic acids is 1. The average Bonchev–Trinajstić information content (AvgIpc) is 2.53. The van der Waals surface area contributed by atoms with E-state index in [9.17, 15) is 9.59 Å². The van der Waals surface area contributed by atoms with E-state index in [0.29, 0.717) is 17.9 Å². The second kappa shape index (κ2) is 6.77. The van der Waals surface area contributed by atoms with Crippen LogP contribution in [0.1, 0.15) is 10.4 Å². The highest BCUT2D eigenvalue weighted by Crippen LogP contribution is 2.15. The van der Waals surface area contributed by atoms with E-state index in [1.807, 2.05) is 0 Å². The van der Waals surface area contributed by atoms with Crippen LogP contribution in [-0.2, 0) is 9.53 Å². The molecular weight excluding hydrogens is 274 g/mol. The number of hydrogen-bond donors (Lipinski definition) is 1. The van der Waals surface area contributed by atoms with E-state index >= 15 is 0 Å². The Morgan fingerprint density at radius 3 is 2.76 bits per heavy atom. The predicted octanol–water partition coefficient (Wildman–Crippen LogP) is 0.624. The first-order valence-corrected chi connectivity index (χ1v) is 6.42. The van der Waals surface area contributed by atoms with Gasteiger partial charge in [-0.05, 0) is 24.3 Å². The standard InChI is InChI=1S/C15H15NO5/c1-2-8-20-12-5-3-11(4-6-12)14(17)16-7-9-21-13(10-16)15(18)19/h1,3-6,13H,7-10H2,(H,18,19). The van der Waals surface area contributed by atoms with Crippen molar-refractivity contribution in [3.05, 3.63) is 29.8 Å². The summed E-state index contributed by atoms with van der Waals surface area (Å²) in [6.45, 7) is 0.796. The van der Waals surface area contributed by atoms with Gasteiger partial charge in [0.25, 0.3) is 5.91 Å². The highest BCUT2D eigenvalue weighted by molar-refractivity contribution is 5.94. The Labute approximate surface area is 122 Å². The number of rotatable bonds is 4. The minimum absolute atomic E-state index is 0.0452. The Morgan fingerprint density at radius 1 is 1.43 bits per heavy atom. The number of terminal acetylenes is 1. The summed E-state index contributed by atoms with van der Waals surface area (Å²) >= 11 is 0. The van der Waals surface area contributed by atoms with E-state index in [1.54, 1.807) is 24.3 Å². The van der Waals surface area contributed by atoms with Gasteiger partial charge >= 0.3 is 5.97 Å². The molecule has 2 rings (SSSR count). The van der Waals surface area contributed by atoms with Crippen molar-refractivity contribution in [1.82, 2.24) is 4.90 Å². The van der Waals surface area contributed by atoms with Gasteiger partial charge in [0.05, 0.1) is 13.2 Å². The molecule has 1 aliphatic rings. The maximum absolute atomic E-state index is 12.3. The fourth-order valence-corrected chi connectivity index (χ4v) is 1.98. The fourth-order valence-electron chi connectivity index (χ4n) is 1.98. The molecule has 0 bridgehead atoms. The number of carboxylic acids is 1. The molecule has 21 heavy (non-hydrogen) atoms. The summed E-state index contributed by atoms with van der Waals surface area (Å²) in [4.78, 5) is 24.7. The molecule has 0 saturated carbocycles. The van der Waals surface area contributed by atoms with Crippen LogP contribution >= 0.6 is 0 Å². The van der Waals surface area contributed by atoms with Crippen molar-refractivity contribution in [2.75, 3.05) is 26.3 Å². The van der Waals surface area contributed by atoms with Crippen LogP contribution in [0.25, 0.3) is 0 Å². The first kappa shape index (κ1) is 14.9. The molecule has 1 aromatic rings. The summed E-state index contributed by atoms with van der Waals surface area (Å²) in [7, 11) is 0. The molecule has 1 N–H and O–H groups in total. The number of carbonyl (C=O) groups is 2. The number of ether oxygens (including phenoxy) is 2. The lowest BCUT2D eigenvalue weighted by atomic mass is 10.1. The largest absolute Gasteiger partial charge is 0.481 e. The van der Waals surface area contributed by atoms with Gasteiger partial charge in [0.1, 0.15) is 12.4 Å². The molecule has 0 radical (unpaired) electrons. The summed E-state index contributed by atoms with van der Waals surface area (Å²) in [5.41, 5.74) is 0.467. The third-order valence-corrected chi connectivity index (χ3v) is 3.05. The second-order valence-electron chi connectivity index (χ2n) is 4.47. The molecule has 0 aromatic heterocycles. The summed E-state index contributed by atoms with van der Waals surface area (Å²) in [6.07, 6.45) is 4.12. The molecule has 1 saturated heterocycles. The molecule has 0 spiro atoms. The maximum atomic E-state index is 12.3. The first-order chi connectivity index (χ1) is 10.1. The van der Waals surface area contributed by atoms with Crippen molar-refractivity contribution in [3.63, 3.8) is 0 Å². The van der Waals surface area contributed by atoms with Gasteiger partial charge in [-0.25, -0.2) is 4.79 Å². The van der Waals surface area contributed by atoms with Crippen LogP contribution in [0.4, 0.5) is 0 Å². The minimum atomic E-state index is -1.06. The van der Waals surface area contributed by atoms with Gasteiger partial charge in [0.15, 0.2) is 6.10 Å². The van der Waals surface area contributed by atoms with E-state index < -0.39 is 12.1 Å². The number of carboxylic acid groups (broad SMARTS) is 1. The van der Waals surface area contributed by atoms with Crippen LogP contribution < -0.4 is 4.74 Å². The molecule has 6 nitrogen and oxygen atoms in total. The van der Waals surface area contributed by atoms with Crippen molar-refractivity contribution < 1.29 is 24.2 Å². The molecule has 110 valence electrons. The van der Waals surface area contributed by atoms with Gasteiger partial charge < -0.3 is 19.5 Å². The number of nitrogens with zero attached hydrogens (tertiary/aromatic N) is 1. The molecular formula is C15H15NO5. The smallest absolute Gasteiger partial charge is 0.334 e. The Kier molecular flexibility index (Phi) is 4.80.